The van der Waals surface area contributed by atoms with Crippen LogP contribution in [0.25, 0.3) is 0 Å². The Balaban J connectivity index is 1.68. The molecule has 1 aromatic carbocycles. The first-order valence-corrected chi connectivity index (χ1v) is 8.55. The number of pyridine rings is 1. The highest BCUT2D eigenvalue weighted by atomic mass is 16.5. The first-order chi connectivity index (χ1) is 12.7. The Labute approximate surface area is 151 Å². The van der Waals surface area contributed by atoms with Crippen molar-refractivity contribution in [2.75, 3.05) is 38.2 Å². The monoisotopic (exact) mass is 355 g/mol. The van der Waals surface area contributed by atoms with E-state index >= 15 is 0 Å². The Morgan fingerprint density at radius 2 is 1.81 bits per heavy atom. The third kappa shape index (κ3) is 4.37. The number of amides is 2. The van der Waals surface area contributed by atoms with Crippen molar-refractivity contribution in [2.45, 2.75) is 6.92 Å². The molecule has 0 atom stereocenters. The van der Waals surface area contributed by atoms with E-state index in [2.05, 4.69) is 10.3 Å². The molecule has 2 heterocycles. The fourth-order valence-corrected chi connectivity index (χ4v) is 2.61. The quantitative estimate of drug-likeness (QED) is 0.889. The molecule has 0 bridgehead atoms. The van der Waals surface area contributed by atoms with Gasteiger partial charge in [-0.25, -0.2) is 4.98 Å². The van der Waals surface area contributed by atoms with E-state index in [1.807, 2.05) is 6.92 Å². The van der Waals surface area contributed by atoms with Gasteiger partial charge in [-0.05, 0) is 43.3 Å². The Bertz CT molecular complexity index is 771. The van der Waals surface area contributed by atoms with Gasteiger partial charge < -0.3 is 19.7 Å². The van der Waals surface area contributed by atoms with Crippen molar-refractivity contribution in [1.82, 2.24) is 9.88 Å². The summed E-state index contributed by atoms with van der Waals surface area (Å²) in [5, 5.41) is 2.77. The van der Waals surface area contributed by atoms with E-state index in [1.54, 1.807) is 47.4 Å². The molecule has 3 rings (SSSR count). The van der Waals surface area contributed by atoms with Crippen molar-refractivity contribution in [1.29, 1.82) is 0 Å². The van der Waals surface area contributed by atoms with E-state index in [4.69, 9.17) is 9.47 Å². The minimum atomic E-state index is -0.370. The molecular formula is C19H21N3O4. The van der Waals surface area contributed by atoms with Crippen LogP contribution in [-0.4, -0.2) is 54.6 Å². The summed E-state index contributed by atoms with van der Waals surface area (Å²) < 4.78 is 10.6. The van der Waals surface area contributed by atoms with Crippen LogP contribution >= 0.6 is 0 Å². The summed E-state index contributed by atoms with van der Waals surface area (Å²) in [6.45, 7) is 4.59. The fraction of sp³-hybridized carbons (Fsp3) is 0.316. The molecule has 0 unspecified atom stereocenters. The van der Waals surface area contributed by atoms with Gasteiger partial charge in [0.2, 0.25) is 0 Å². The molecule has 0 aliphatic carbocycles. The maximum Gasteiger partial charge on any atom is 0.274 e. The van der Waals surface area contributed by atoms with E-state index in [9.17, 15) is 9.59 Å². The zero-order valence-electron chi connectivity index (χ0n) is 14.6. The van der Waals surface area contributed by atoms with Crippen molar-refractivity contribution in [3.63, 3.8) is 0 Å². The minimum Gasteiger partial charge on any atom is -0.494 e. The van der Waals surface area contributed by atoms with Crippen LogP contribution in [0.1, 0.15) is 27.9 Å². The average molecular weight is 355 g/mol. The van der Waals surface area contributed by atoms with Gasteiger partial charge in [-0.15, -0.1) is 0 Å². The molecule has 1 aliphatic rings. The van der Waals surface area contributed by atoms with Crippen LogP contribution < -0.4 is 10.1 Å². The average Bonchev–Trinajstić information content (AvgIpc) is 2.70. The zero-order valence-corrected chi connectivity index (χ0v) is 14.6. The lowest BCUT2D eigenvalue weighted by atomic mass is 10.2. The molecule has 0 radical (unpaired) electrons. The Morgan fingerprint density at radius 3 is 2.50 bits per heavy atom. The van der Waals surface area contributed by atoms with Crippen LogP contribution in [0.5, 0.6) is 5.75 Å². The van der Waals surface area contributed by atoms with Crippen LogP contribution in [0.2, 0.25) is 0 Å². The number of ether oxygens (including phenoxy) is 2. The number of carbonyl (C=O) groups excluding carboxylic acids is 2. The number of rotatable bonds is 5. The second-order valence-electron chi connectivity index (χ2n) is 5.72. The van der Waals surface area contributed by atoms with E-state index in [1.165, 1.54) is 0 Å². The van der Waals surface area contributed by atoms with Crippen molar-refractivity contribution in [3.05, 3.63) is 53.9 Å². The molecule has 7 heteroatoms. The summed E-state index contributed by atoms with van der Waals surface area (Å²) in [5.74, 6) is 0.177. The molecule has 1 aromatic heterocycles. The van der Waals surface area contributed by atoms with Gasteiger partial charge >= 0.3 is 0 Å². The molecule has 1 fully saturated rings. The van der Waals surface area contributed by atoms with Crippen molar-refractivity contribution < 1.29 is 19.1 Å². The number of hydrogen-bond donors (Lipinski definition) is 1. The Kier molecular flexibility index (Phi) is 5.80. The molecular weight excluding hydrogens is 334 g/mol. The lowest BCUT2D eigenvalue weighted by molar-refractivity contribution is 0.0299. The van der Waals surface area contributed by atoms with Gasteiger partial charge in [0.25, 0.3) is 11.8 Å². The van der Waals surface area contributed by atoms with Crippen LogP contribution in [0.15, 0.2) is 42.5 Å². The second-order valence-corrected chi connectivity index (χ2v) is 5.72. The smallest absolute Gasteiger partial charge is 0.274 e. The summed E-state index contributed by atoms with van der Waals surface area (Å²) in [6, 6.07) is 11.9. The maximum atomic E-state index is 12.5. The van der Waals surface area contributed by atoms with E-state index < -0.39 is 0 Å². The summed E-state index contributed by atoms with van der Waals surface area (Å²) in [5.41, 5.74) is 1.08. The maximum absolute atomic E-state index is 12.5. The Morgan fingerprint density at radius 1 is 1.12 bits per heavy atom. The molecule has 0 saturated carbocycles. The van der Waals surface area contributed by atoms with Crippen LogP contribution in [-0.2, 0) is 4.74 Å². The highest BCUT2D eigenvalue weighted by Crippen LogP contribution is 2.16. The SMILES string of the molecule is CCOc1ccc(NC(=O)c2cccc(C(=O)N3CCOCC3)n2)cc1. The van der Waals surface area contributed by atoms with Crippen LogP contribution in [0.3, 0.4) is 0 Å². The van der Waals surface area contributed by atoms with Gasteiger partial charge in [0.1, 0.15) is 17.1 Å². The first-order valence-electron chi connectivity index (χ1n) is 8.55. The molecule has 1 saturated heterocycles. The van der Waals surface area contributed by atoms with Crippen molar-refractivity contribution in [3.8, 4) is 5.75 Å². The number of benzene rings is 1. The third-order valence-corrected chi connectivity index (χ3v) is 3.92. The number of anilines is 1. The van der Waals surface area contributed by atoms with Gasteiger partial charge in [0.15, 0.2) is 0 Å². The van der Waals surface area contributed by atoms with E-state index in [0.717, 1.165) is 5.75 Å². The van der Waals surface area contributed by atoms with Crippen LogP contribution in [0, 0.1) is 0 Å². The second kappa shape index (κ2) is 8.44. The molecule has 7 nitrogen and oxygen atoms in total. The predicted molar refractivity (Wildman–Crippen MR) is 96.5 cm³/mol. The van der Waals surface area contributed by atoms with Gasteiger partial charge in [0, 0.05) is 18.8 Å². The molecule has 0 spiro atoms. The van der Waals surface area contributed by atoms with Gasteiger partial charge in [-0.3, -0.25) is 9.59 Å². The lowest BCUT2D eigenvalue weighted by Crippen LogP contribution is -2.41. The standard InChI is InChI=1S/C19H21N3O4/c1-2-26-15-8-6-14(7-9-15)20-18(23)16-4-3-5-17(21-16)19(24)22-10-12-25-13-11-22/h3-9H,2,10-13H2,1H3,(H,20,23). The molecule has 1 aliphatic heterocycles. The number of nitrogens with zero attached hydrogens (tertiary/aromatic N) is 2. The van der Waals surface area contributed by atoms with E-state index in [-0.39, 0.29) is 23.2 Å². The molecule has 26 heavy (non-hydrogen) atoms. The Hall–Kier alpha value is -2.93. The summed E-state index contributed by atoms with van der Waals surface area (Å²) in [6.07, 6.45) is 0. The lowest BCUT2D eigenvalue weighted by Gasteiger charge is -2.26. The number of morpholine rings is 1. The number of hydrogen-bond acceptors (Lipinski definition) is 5. The highest BCUT2D eigenvalue weighted by Gasteiger charge is 2.20. The summed E-state index contributed by atoms with van der Waals surface area (Å²) in [4.78, 5) is 30.8. The minimum absolute atomic E-state index is 0.191. The number of aromatic nitrogens is 1. The molecule has 2 amide bonds. The van der Waals surface area contributed by atoms with E-state index in [0.29, 0.717) is 38.6 Å². The van der Waals surface area contributed by atoms with Crippen molar-refractivity contribution >= 4 is 17.5 Å². The van der Waals surface area contributed by atoms with Crippen molar-refractivity contribution in [2.24, 2.45) is 0 Å². The van der Waals surface area contributed by atoms with Gasteiger partial charge in [0.05, 0.1) is 19.8 Å². The van der Waals surface area contributed by atoms with Crippen LogP contribution in [0.4, 0.5) is 5.69 Å². The topological polar surface area (TPSA) is 80.8 Å². The molecule has 2 aromatic rings. The predicted octanol–water partition coefficient (Wildman–Crippen LogP) is 2.21. The normalized spacial score (nSPS) is 14.0. The van der Waals surface area contributed by atoms with Gasteiger partial charge in [-0.2, -0.15) is 0 Å². The number of carbonyl (C=O) groups is 2. The summed E-state index contributed by atoms with van der Waals surface area (Å²) >= 11 is 0. The first kappa shape index (κ1) is 17.9. The highest BCUT2D eigenvalue weighted by molar-refractivity contribution is 6.03. The third-order valence-electron chi connectivity index (χ3n) is 3.92. The van der Waals surface area contributed by atoms with Gasteiger partial charge in [-0.1, -0.05) is 6.07 Å². The number of nitrogens with one attached hydrogen (secondary N) is 1. The molecule has 136 valence electrons. The largest absolute Gasteiger partial charge is 0.494 e. The summed E-state index contributed by atoms with van der Waals surface area (Å²) in [7, 11) is 0. The molecule has 1 N–H and O–H groups in total. The fourth-order valence-electron chi connectivity index (χ4n) is 2.61. The zero-order chi connectivity index (χ0) is 18.4.